The van der Waals surface area contributed by atoms with Crippen LogP contribution in [0.2, 0.25) is 5.32 Å². The number of ether oxygens (including phenoxy) is 2. The van der Waals surface area contributed by atoms with Crippen molar-refractivity contribution in [3.63, 3.8) is 0 Å². The third-order valence-corrected chi connectivity index (χ3v) is 5.97. The molecule has 0 unspecified atom stereocenters. The third-order valence-electron chi connectivity index (χ3n) is 3.96. The summed E-state index contributed by atoms with van der Waals surface area (Å²) >= 11 is -0.182. The van der Waals surface area contributed by atoms with Gasteiger partial charge < -0.3 is 0 Å². The quantitative estimate of drug-likeness (QED) is 0.384. The Bertz CT molecular complexity index is 1050. The average molecular weight is 473 g/mol. The molecule has 1 saturated heterocycles. The topological polar surface area (TPSA) is 102 Å². The van der Waals surface area contributed by atoms with Crippen molar-refractivity contribution in [2.75, 3.05) is 6.54 Å². The van der Waals surface area contributed by atoms with Gasteiger partial charge in [-0.05, 0) is 0 Å². The molecule has 2 amide bonds. The number of hydrogen-bond donors (Lipinski definition) is 0. The van der Waals surface area contributed by atoms with E-state index in [0.29, 0.717) is 16.6 Å². The van der Waals surface area contributed by atoms with Crippen molar-refractivity contribution in [2.24, 2.45) is 4.99 Å². The van der Waals surface area contributed by atoms with Crippen LogP contribution in [0.15, 0.2) is 53.5 Å². The zero-order chi connectivity index (χ0) is 21.7. The molecule has 9 heteroatoms. The van der Waals surface area contributed by atoms with Crippen molar-refractivity contribution in [1.29, 1.82) is 0 Å². The summed E-state index contributed by atoms with van der Waals surface area (Å²) in [5.74, 6) is -1.81. The number of rotatable bonds is 4. The van der Waals surface area contributed by atoms with Crippen molar-refractivity contribution in [1.82, 2.24) is 4.90 Å². The van der Waals surface area contributed by atoms with Crippen LogP contribution in [0.1, 0.15) is 34.6 Å². The number of para-hydroxylation sites is 2. The molecule has 1 fully saturated rings. The predicted molar refractivity (Wildman–Crippen MR) is 109 cm³/mol. The van der Waals surface area contributed by atoms with E-state index in [1.807, 2.05) is 0 Å². The Hall–Kier alpha value is -3.29. The average Bonchev–Trinajstić information content (AvgIpc) is 3.15. The molecule has 0 bridgehead atoms. The maximum absolute atomic E-state index is 13.1. The maximum atomic E-state index is 13.1. The van der Waals surface area contributed by atoms with E-state index in [4.69, 9.17) is 9.47 Å². The molecular formula is C21H18N2O6Se. The molecule has 8 nitrogen and oxygen atoms in total. The van der Waals surface area contributed by atoms with Gasteiger partial charge in [0.25, 0.3) is 0 Å². The number of nitrogens with zero attached hydrogens (tertiary/aromatic N) is 2. The van der Waals surface area contributed by atoms with E-state index in [1.165, 1.54) is 36.9 Å². The van der Waals surface area contributed by atoms with Crippen LogP contribution in [-0.4, -0.2) is 54.9 Å². The molecular weight excluding hydrogens is 455 g/mol. The summed E-state index contributed by atoms with van der Waals surface area (Å²) in [4.78, 5) is 54.0. The molecule has 0 aromatic heterocycles. The van der Waals surface area contributed by atoms with Crippen LogP contribution < -0.4 is 9.47 Å². The second-order valence-electron chi connectivity index (χ2n) is 6.18. The van der Waals surface area contributed by atoms with Gasteiger partial charge in [0.1, 0.15) is 0 Å². The monoisotopic (exact) mass is 474 g/mol. The number of hydrogen-bond acceptors (Lipinski definition) is 6. The first kappa shape index (κ1) is 21.4. The Morgan fingerprint density at radius 3 is 2.00 bits per heavy atom. The molecule has 0 saturated carbocycles. The van der Waals surface area contributed by atoms with Crippen LogP contribution in [0.5, 0.6) is 11.5 Å². The van der Waals surface area contributed by atoms with E-state index in [9.17, 15) is 19.2 Å². The molecule has 30 heavy (non-hydrogen) atoms. The van der Waals surface area contributed by atoms with Crippen molar-refractivity contribution in [2.45, 2.75) is 19.2 Å². The second-order valence-corrected chi connectivity index (χ2v) is 8.41. The van der Waals surface area contributed by atoms with Gasteiger partial charge in [0.05, 0.1) is 0 Å². The standard InChI is InChI=1S/C21H18N2O6Se/c1-13(24)28-17-9-5-3-7-15(17)19(26)22-21-23(11-12-30-21)20(27)16-8-4-6-10-18(16)29-14(2)25/h3-10H,11-12H2,1-2H3/b22-21-. The SMILES string of the molecule is CC(=O)Oc1ccccc1C(=O)/N=C1\[Se]CCN1C(=O)c1ccccc1OC(C)=O. The Morgan fingerprint density at radius 1 is 0.867 bits per heavy atom. The van der Waals surface area contributed by atoms with Gasteiger partial charge in [-0.15, -0.1) is 0 Å². The first-order valence-electron chi connectivity index (χ1n) is 8.99. The van der Waals surface area contributed by atoms with E-state index < -0.39 is 23.8 Å². The van der Waals surface area contributed by atoms with E-state index >= 15 is 0 Å². The van der Waals surface area contributed by atoms with Crippen LogP contribution >= 0.6 is 0 Å². The van der Waals surface area contributed by atoms with Gasteiger partial charge in [-0.2, -0.15) is 0 Å². The number of benzene rings is 2. The summed E-state index contributed by atoms with van der Waals surface area (Å²) in [6, 6.07) is 12.7. The predicted octanol–water partition coefficient (Wildman–Crippen LogP) is 2.31. The Morgan fingerprint density at radius 2 is 1.40 bits per heavy atom. The molecule has 0 N–H and O–H groups in total. The van der Waals surface area contributed by atoms with Gasteiger partial charge in [0.2, 0.25) is 0 Å². The fraction of sp³-hybridized carbons (Fsp3) is 0.190. The zero-order valence-electron chi connectivity index (χ0n) is 16.3. The van der Waals surface area contributed by atoms with Gasteiger partial charge in [-0.1, -0.05) is 0 Å². The molecule has 0 spiro atoms. The summed E-state index contributed by atoms with van der Waals surface area (Å²) in [5.41, 5.74) is 0.349. The van der Waals surface area contributed by atoms with Crippen LogP contribution in [-0.2, 0) is 9.59 Å². The Balaban J connectivity index is 1.89. The van der Waals surface area contributed by atoms with Gasteiger partial charge in [-0.3, -0.25) is 0 Å². The van der Waals surface area contributed by atoms with Crippen molar-refractivity contribution in [3.05, 3.63) is 59.7 Å². The van der Waals surface area contributed by atoms with Crippen LogP contribution in [0.25, 0.3) is 0 Å². The van der Waals surface area contributed by atoms with E-state index in [1.54, 1.807) is 30.3 Å². The Kier molecular flexibility index (Phi) is 6.76. The van der Waals surface area contributed by atoms with E-state index in [-0.39, 0.29) is 37.6 Å². The molecule has 2 aromatic carbocycles. The van der Waals surface area contributed by atoms with E-state index in [0.717, 1.165) is 0 Å². The molecule has 0 radical (unpaired) electrons. The summed E-state index contributed by atoms with van der Waals surface area (Å²) in [6.07, 6.45) is 0. The van der Waals surface area contributed by atoms with Gasteiger partial charge in [-0.25, -0.2) is 0 Å². The first-order valence-corrected chi connectivity index (χ1v) is 11.1. The summed E-state index contributed by atoms with van der Waals surface area (Å²) < 4.78 is 10.6. The number of amides is 2. The molecule has 154 valence electrons. The number of carbonyl (C=O) groups excluding carboxylic acids is 4. The molecule has 1 aliphatic heterocycles. The second kappa shape index (κ2) is 9.47. The zero-order valence-corrected chi connectivity index (χ0v) is 18.0. The Labute approximate surface area is 179 Å². The summed E-state index contributed by atoms with van der Waals surface area (Å²) in [6.45, 7) is 2.91. The van der Waals surface area contributed by atoms with Gasteiger partial charge in [0, 0.05) is 0 Å². The summed E-state index contributed by atoms with van der Waals surface area (Å²) in [5, 5.41) is 0.701. The van der Waals surface area contributed by atoms with Crippen LogP contribution in [0.4, 0.5) is 0 Å². The molecule has 1 aliphatic rings. The molecule has 2 aromatic rings. The van der Waals surface area contributed by atoms with Crippen LogP contribution in [0.3, 0.4) is 0 Å². The molecule has 1 heterocycles. The first-order chi connectivity index (χ1) is 14.4. The number of esters is 2. The van der Waals surface area contributed by atoms with Gasteiger partial charge >= 0.3 is 179 Å². The minimum absolute atomic E-state index is 0.114. The fourth-order valence-corrected chi connectivity index (χ4v) is 4.71. The van der Waals surface area contributed by atoms with Gasteiger partial charge in [0.15, 0.2) is 0 Å². The van der Waals surface area contributed by atoms with Crippen molar-refractivity contribution in [3.8, 4) is 11.5 Å². The molecule has 0 aliphatic carbocycles. The summed E-state index contributed by atoms with van der Waals surface area (Å²) in [7, 11) is 0. The third kappa shape index (κ3) is 5.00. The number of aliphatic imine (C=N–C) groups is 1. The molecule has 3 rings (SSSR count). The molecule has 0 atom stereocenters. The minimum atomic E-state index is -0.600. The fourth-order valence-electron chi connectivity index (χ4n) is 2.75. The van der Waals surface area contributed by atoms with Crippen molar-refractivity contribution < 1.29 is 28.7 Å². The number of amidine groups is 1. The normalized spacial score (nSPS) is 14.5. The number of carbonyl (C=O) groups is 4. The van der Waals surface area contributed by atoms with E-state index in [2.05, 4.69) is 4.99 Å². The van der Waals surface area contributed by atoms with Crippen LogP contribution in [0, 0.1) is 0 Å². The van der Waals surface area contributed by atoms with Crippen molar-refractivity contribution >= 4 is 43.4 Å².